The third-order valence-corrected chi connectivity index (χ3v) is 7.54. The first-order valence-electron chi connectivity index (χ1n) is 13.6. The highest BCUT2D eigenvalue weighted by Gasteiger charge is 2.48. The van der Waals surface area contributed by atoms with Crippen LogP contribution in [0.3, 0.4) is 0 Å². The zero-order chi connectivity index (χ0) is 29.7. The summed E-state index contributed by atoms with van der Waals surface area (Å²) in [6, 6.07) is 12.0. The van der Waals surface area contributed by atoms with Gasteiger partial charge in [-0.1, -0.05) is 6.08 Å². The van der Waals surface area contributed by atoms with Crippen molar-refractivity contribution < 1.29 is 23.0 Å². The summed E-state index contributed by atoms with van der Waals surface area (Å²) in [5.41, 5.74) is 2.04. The summed E-state index contributed by atoms with van der Waals surface area (Å²) in [7, 11) is 4.65. The molecule has 0 unspecified atom stereocenters. The molecule has 1 saturated carbocycles. The van der Waals surface area contributed by atoms with Gasteiger partial charge in [0.05, 0.1) is 38.4 Å². The normalized spacial score (nSPS) is 14.2. The lowest BCUT2D eigenvalue weighted by atomic mass is 10.2. The molecule has 10 nitrogen and oxygen atoms in total. The number of aromatic nitrogens is 6. The van der Waals surface area contributed by atoms with Crippen LogP contribution in [-0.2, 0) is 12.2 Å². The molecule has 2 aromatic carbocycles. The lowest BCUT2D eigenvalue weighted by Gasteiger charge is -2.13. The topological polar surface area (TPSA) is 100 Å². The first-order valence-corrected chi connectivity index (χ1v) is 13.6. The monoisotopic (exact) mass is 583 g/mol. The molecule has 43 heavy (non-hydrogen) atoms. The molecule has 1 N–H and O–H groups in total. The molecule has 0 saturated heterocycles. The van der Waals surface area contributed by atoms with Gasteiger partial charge in [-0.25, -0.2) is 23.7 Å². The molecule has 0 spiro atoms. The fraction of sp³-hybridized carbons (Fsp3) is 0.226. The van der Waals surface area contributed by atoms with E-state index < -0.39 is 11.5 Å². The van der Waals surface area contributed by atoms with Gasteiger partial charge in [0.25, 0.3) is 0 Å². The molecule has 218 valence electrons. The Balaban J connectivity index is 1.27. The number of benzene rings is 2. The summed E-state index contributed by atoms with van der Waals surface area (Å²) >= 11 is 0. The van der Waals surface area contributed by atoms with E-state index in [1.165, 1.54) is 19.2 Å². The number of methoxy groups -OCH3 is 3. The Morgan fingerprint density at radius 1 is 0.977 bits per heavy atom. The number of hydrogen-bond donors (Lipinski definition) is 1. The van der Waals surface area contributed by atoms with E-state index in [2.05, 4.69) is 15.4 Å². The molecule has 0 amide bonds. The molecule has 12 heteroatoms. The van der Waals surface area contributed by atoms with Crippen molar-refractivity contribution >= 4 is 40.2 Å². The Morgan fingerprint density at radius 2 is 1.81 bits per heavy atom. The number of halogens is 2. The third-order valence-electron chi connectivity index (χ3n) is 7.54. The number of fused-ring (bicyclic) bond motifs is 4. The van der Waals surface area contributed by atoms with Crippen LogP contribution in [-0.4, -0.2) is 50.3 Å². The van der Waals surface area contributed by atoms with Crippen LogP contribution in [0.15, 0.2) is 54.9 Å². The molecule has 0 bridgehead atoms. The lowest BCUT2D eigenvalue weighted by Crippen LogP contribution is -2.09. The standard InChI is InChI=1S/C31H27F2N7O3/c1-41-22-6-5-19(24(15-22)42-2)16-35-30-37-27-23(13-20(32)14-25(27)43-3)28-36-26(38-40(28)30)7-4-18-8-11-39-21(12-18)17-34-29(39)31(33)9-10-31/h4-8,11-15,17H,9-10,16H2,1-3H3,(H,35,37)/b7-4+. The summed E-state index contributed by atoms with van der Waals surface area (Å²) in [6.45, 7) is 0.350. The summed E-state index contributed by atoms with van der Waals surface area (Å²) < 4.78 is 48.8. The van der Waals surface area contributed by atoms with Crippen LogP contribution in [0.2, 0.25) is 0 Å². The number of nitrogens with zero attached hydrogens (tertiary/aromatic N) is 6. The molecular formula is C31H27F2N7O3. The van der Waals surface area contributed by atoms with Gasteiger partial charge in [0.1, 0.15) is 28.6 Å². The van der Waals surface area contributed by atoms with E-state index in [1.54, 1.807) is 41.5 Å². The minimum Gasteiger partial charge on any atom is -0.497 e. The summed E-state index contributed by atoms with van der Waals surface area (Å²) in [4.78, 5) is 13.7. The highest BCUT2D eigenvalue weighted by molar-refractivity contribution is 5.96. The predicted molar refractivity (Wildman–Crippen MR) is 158 cm³/mol. The second kappa shape index (κ2) is 10.2. The van der Waals surface area contributed by atoms with Crippen LogP contribution in [0.25, 0.3) is 34.2 Å². The van der Waals surface area contributed by atoms with Gasteiger partial charge in [0.15, 0.2) is 23.0 Å². The Morgan fingerprint density at radius 3 is 2.58 bits per heavy atom. The zero-order valence-electron chi connectivity index (χ0n) is 23.6. The highest BCUT2D eigenvalue weighted by atomic mass is 19.1. The number of nitrogens with one attached hydrogen (secondary N) is 1. The number of ether oxygens (including phenoxy) is 3. The fourth-order valence-corrected chi connectivity index (χ4v) is 5.13. The van der Waals surface area contributed by atoms with E-state index in [4.69, 9.17) is 24.2 Å². The van der Waals surface area contributed by atoms with Crippen molar-refractivity contribution in [2.75, 3.05) is 26.6 Å². The Bertz CT molecular complexity index is 2050. The Kier molecular flexibility index (Phi) is 6.33. The minimum absolute atomic E-state index is 0.275. The number of pyridine rings is 1. The third kappa shape index (κ3) is 4.74. The number of rotatable bonds is 9. The molecule has 1 aliphatic rings. The van der Waals surface area contributed by atoms with Crippen molar-refractivity contribution in [1.29, 1.82) is 0 Å². The van der Waals surface area contributed by atoms with Crippen molar-refractivity contribution in [2.24, 2.45) is 0 Å². The van der Waals surface area contributed by atoms with Crippen LogP contribution in [0.4, 0.5) is 14.7 Å². The number of hydrogen-bond acceptors (Lipinski definition) is 8. The van der Waals surface area contributed by atoms with Gasteiger partial charge < -0.3 is 23.9 Å². The lowest BCUT2D eigenvalue weighted by molar-refractivity contribution is 0.299. The first kappa shape index (κ1) is 26.6. The molecule has 7 rings (SSSR count). The molecule has 4 heterocycles. The van der Waals surface area contributed by atoms with Crippen molar-refractivity contribution in [3.63, 3.8) is 0 Å². The van der Waals surface area contributed by atoms with E-state index in [-0.39, 0.29) is 5.75 Å². The maximum atomic E-state index is 14.6. The van der Waals surface area contributed by atoms with Gasteiger partial charge in [0.2, 0.25) is 5.95 Å². The largest absolute Gasteiger partial charge is 0.497 e. The smallest absolute Gasteiger partial charge is 0.226 e. The summed E-state index contributed by atoms with van der Waals surface area (Å²) in [5, 5.41) is 8.43. The van der Waals surface area contributed by atoms with Crippen LogP contribution in [0, 0.1) is 5.82 Å². The van der Waals surface area contributed by atoms with Crippen LogP contribution in [0.5, 0.6) is 17.2 Å². The van der Waals surface area contributed by atoms with Crippen LogP contribution >= 0.6 is 0 Å². The molecular weight excluding hydrogens is 556 g/mol. The van der Waals surface area contributed by atoms with Crippen molar-refractivity contribution in [3.05, 3.63) is 83.5 Å². The van der Waals surface area contributed by atoms with E-state index in [1.807, 2.05) is 36.5 Å². The van der Waals surface area contributed by atoms with Crippen LogP contribution < -0.4 is 19.5 Å². The van der Waals surface area contributed by atoms with E-state index >= 15 is 0 Å². The second-order valence-electron chi connectivity index (χ2n) is 10.3. The average molecular weight is 584 g/mol. The molecule has 0 atom stereocenters. The van der Waals surface area contributed by atoms with Gasteiger partial charge in [-0.15, -0.1) is 5.10 Å². The Hall–Kier alpha value is -5.26. The van der Waals surface area contributed by atoms with E-state index in [0.717, 1.165) is 16.6 Å². The summed E-state index contributed by atoms with van der Waals surface area (Å²) in [5.74, 6) is 2.32. The van der Waals surface area contributed by atoms with Gasteiger partial charge in [-0.05, 0) is 54.8 Å². The maximum absolute atomic E-state index is 14.6. The van der Waals surface area contributed by atoms with Crippen molar-refractivity contribution in [1.82, 2.24) is 29.0 Å². The molecule has 0 radical (unpaired) electrons. The fourth-order valence-electron chi connectivity index (χ4n) is 5.13. The highest BCUT2D eigenvalue weighted by Crippen LogP contribution is 2.48. The SMILES string of the molecule is COc1ccc(CNc2nc3c(OC)cc(F)cc3c3nc(/C=C/c4ccn5c(C6(F)CC6)ncc5c4)nn23)c(OC)c1. The van der Waals surface area contributed by atoms with Crippen molar-refractivity contribution in [3.8, 4) is 17.2 Å². The van der Waals surface area contributed by atoms with Gasteiger partial charge in [-0.3, -0.25) is 0 Å². The van der Waals surface area contributed by atoms with E-state index in [0.29, 0.717) is 65.0 Å². The minimum atomic E-state index is -1.33. The van der Waals surface area contributed by atoms with Gasteiger partial charge in [-0.2, -0.15) is 4.52 Å². The molecule has 4 aromatic heterocycles. The van der Waals surface area contributed by atoms with Gasteiger partial charge >= 0.3 is 0 Å². The first-order chi connectivity index (χ1) is 20.9. The number of imidazole rings is 1. The quantitative estimate of drug-likeness (QED) is 0.227. The summed E-state index contributed by atoms with van der Waals surface area (Å²) in [6.07, 6.45) is 8.09. The van der Waals surface area contributed by atoms with Gasteiger partial charge in [0, 0.05) is 30.4 Å². The number of alkyl halides is 1. The number of anilines is 1. The molecule has 0 aliphatic heterocycles. The predicted octanol–water partition coefficient (Wildman–Crippen LogP) is 5.83. The average Bonchev–Trinajstić information content (AvgIpc) is 3.41. The van der Waals surface area contributed by atoms with E-state index in [9.17, 15) is 8.78 Å². The molecule has 6 aromatic rings. The van der Waals surface area contributed by atoms with Crippen LogP contribution in [0.1, 0.15) is 35.6 Å². The Labute approximate surface area is 244 Å². The second-order valence-corrected chi connectivity index (χ2v) is 10.3. The molecule has 1 aliphatic carbocycles. The zero-order valence-corrected chi connectivity index (χ0v) is 23.6. The van der Waals surface area contributed by atoms with Crippen molar-refractivity contribution in [2.45, 2.75) is 25.1 Å². The molecule has 1 fully saturated rings. The maximum Gasteiger partial charge on any atom is 0.226 e.